The van der Waals surface area contributed by atoms with Crippen molar-refractivity contribution in [2.24, 2.45) is 0 Å². The summed E-state index contributed by atoms with van der Waals surface area (Å²) in [5.74, 6) is 0. The molecule has 49 valence electrons. The van der Waals surface area contributed by atoms with Crippen molar-refractivity contribution in [1.29, 1.82) is 0 Å². The van der Waals surface area contributed by atoms with Crippen LogP contribution in [-0.2, 0) is 0 Å². The Balaban J connectivity index is 3.39. The third-order valence-electron chi connectivity index (χ3n) is 0.900. The van der Waals surface area contributed by atoms with E-state index in [0.29, 0.717) is 4.31 Å². The van der Waals surface area contributed by atoms with Gasteiger partial charge in [0.2, 0.25) is 0 Å². The average Bonchev–Trinajstić information content (AvgIpc) is 1.21. The van der Waals surface area contributed by atoms with Gasteiger partial charge in [-0.25, -0.2) is 0 Å². The minimum absolute atomic E-state index is 0.327. The third-order valence-corrected chi connectivity index (χ3v) is 3.75. The van der Waals surface area contributed by atoms with E-state index in [1.807, 2.05) is 0 Å². The first-order chi connectivity index (χ1) is 3.42. The van der Waals surface area contributed by atoms with Crippen molar-refractivity contribution in [2.45, 2.75) is 37.3 Å². The van der Waals surface area contributed by atoms with Crippen molar-refractivity contribution in [3.05, 3.63) is 0 Å². The van der Waals surface area contributed by atoms with Crippen molar-refractivity contribution in [1.82, 2.24) is 0 Å². The first kappa shape index (κ1) is 8.74. The Morgan fingerprint density at radius 2 is 1.75 bits per heavy atom. The van der Waals surface area contributed by atoms with E-state index in [9.17, 15) is 0 Å². The zero-order valence-electron chi connectivity index (χ0n) is 6.19. The second-order valence-electron chi connectivity index (χ2n) is 3.36. The summed E-state index contributed by atoms with van der Waals surface area (Å²) in [6.45, 7) is 9.30. The molecule has 0 bridgehead atoms. The van der Waals surface area contributed by atoms with E-state index in [2.05, 4.69) is 43.0 Å². The normalized spacial score (nSPS) is 12.8. The van der Waals surface area contributed by atoms with Crippen LogP contribution >= 0.6 is 0 Å². The van der Waals surface area contributed by atoms with Crippen LogP contribution in [0.1, 0.15) is 13.8 Å². The van der Waals surface area contributed by atoms with Crippen LogP contribution in [0.5, 0.6) is 0 Å². The van der Waals surface area contributed by atoms with Crippen LogP contribution in [0.3, 0.4) is 0 Å². The molecule has 0 aromatic heterocycles. The van der Waals surface area contributed by atoms with Gasteiger partial charge in [-0.05, 0) is 0 Å². The van der Waals surface area contributed by atoms with Gasteiger partial charge in [-0.1, -0.05) is 0 Å². The van der Waals surface area contributed by atoms with E-state index in [0.717, 1.165) is 0 Å². The fourth-order valence-electron chi connectivity index (χ4n) is 0.983. The van der Waals surface area contributed by atoms with Crippen LogP contribution in [0.4, 0.5) is 0 Å². The Morgan fingerprint density at radius 1 is 1.38 bits per heavy atom. The standard InChI is InChI=1S/C6H15SeSi/c1-6(2,7)5-8(3)4/h8H,5H2,1-4H3. The molecule has 0 aliphatic rings. The van der Waals surface area contributed by atoms with Crippen LogP contribution in [0.25, 0.3) is 0 Å². The summed E-state index contributed by atoms with van der Waals surface area (Å²) in [6.07, 6.45) is 0. The van der Waals surface area contributed by atoms with Crippen LogP contribution in [-0.4, -0.2) is 24.8 Å². The Hall–Kier alpha value is 0.736. The second kappa shape index (κ2) is 3.05. The topological polar surface area (TPSA) is 0 Å². The minimum atomic E-state index is -0.327. The summed E-state index contributed by atoms with van der Waals surface area (Å²) in [6, 6.07) is 1.41. The van der Waals surface area contributed by atoms with Crippen molar-refractivity contribution >= 4 is 24.8 Å². The molecule has 0 aromatic carbocycles. The molecule has 0 N–H and O–H groups in total. The van der Waals surface area contributed by atoms with Crippen LogP contribution < -0.4 is 0 Å². The van der Waals surface area contributed by atoms with Gasteiger partial charge in [0.1, 0.15) is 0 Å². The van der Waals surface area contributed by atoms with E-state index in [4.69, 9.17) is 0 Å². The molecule has 0 spiro atoms. The van der Waals surface area contributed by atoms with Gasteiger partial charge >= 0.3 is 62.1 Å². The summed E-state index contributed by atoms with van der Waals surface area (Å²) in [7, 11) is -0.327. The van der Waals surface area contributed by atoms with E-state index in [1.165, 1.54) is 6.04 Å². The van der Waals surface area contributed by atoms with Gasteiger partial charge in [-0.3, -0.25) is 0 Å². The zero-order chi connectivity index (χ0) is 6.78. The summed E-state index contributed by atoms with van der Waals surface area (Å²) in [5, 5.41) is 0. The Kier molecular flexibility index (Phi) is 3.33. The molecule has 0 aliphatic heterocycles. The van der Waals surface area contributed by atoms with Gasteiger partial charge in [0.05, 0.1) is 0 Å². The molecule has 0 atom stereocenters. The van der Waals surface area contributed by atoms with E-state index >= 15 is 0 Å². The van der Waals surface area contributed by atoms with E-state index < -0.39 is 0 Å². The molecule has 0 aromatic rings. The summed E-state index contributed by atoms with van der Waals surface area (Å²) in [4.78, 5) is 0. The third kappa shape index (κ3) is 6.74. The number of hydrogen-bond acceptors (Lipinski definition) is 0. The van der Waals surface area contributed by atoms with Gasteiger partial charge < -0.3 is 0 Å². The van der Waals surface area contributed by atoms with Crippen molar-refractivity contribution in [3.8, 4) is 0 Å². The van der Waals surface area contributed by atoms with Gasteiger partial charge in [0.15, 0.2) is 0 Å². The molecule has 0 aliphatic carbocycles. The number of hydrogen-bond donors (Lipinski definition) is 0. The molecule has 0 amide bonds. The molecular formula is C6H15SeSi. The summed E-state index contributed by atoms with van der Waals surface area (Å²) < 4.78 is 0.459. The van der Waals surface area contributed by atoms with Crippen LogP contribution in [0.15, 0.2) is 0 Å². The molecule has 0 nitrogen and oxygen atoms in total. The molecule has 8 heavy (non-hydrogen) atoms. The van der Waals surface area contributed by atoms with Crippen LogP contribution in [0, 0.1) is 0 Å². The SMILES string of the molecule is C[SiH](C)CC(C)(C)[Se]. The number of rotatable bonds is 2. The maximum absolute atomic E-state index is 3.18. The second-order valence-corrected chi connectivity index (χ2v) is 8.87. The quantitative estimate of drug-likeness (QED) is 0.588. The van der Waals surface area contributed by atoms with E-state index in [-0.39, 0.29) is 8.80 Å². The summed E-state index contributed by atoms with van der Waals surface area (Å²) in [5.41, 5.74) is 0. The van der Waals surface area contributed by atoms with Gasteiger partial charge in [-0.15, -0.1) is 0 Å². The first-order valence-corrected chi connectivity index (χ1v) is 7.10. The fourth-order valence-corrected chi connectivity index (χ4v) is 5.05. The molecule has 0 heterocycles. The van der Waals surface area contributed by atoms with Crippen molar-refractivity contribution in [2.75, 3.05) is 0 Å². The molecular weight excluding hydrogens is 179 g/mol. The Bertz CT molecular complexity index is 63.4. The van der Waals surface area contributed by atoms with E-state index in [1.54, 1.807) is 0 Å². The monoisotopic (exact) mass is 195 g/mol. The van der Waals surface area contributed by atoms with Gasteiger partial charge in [0.25, 0.3) is 0 Å². The molecule has 0 unspecified atom stereocenters. The van der Waals surface area contributed by atoms with Gasteiger partial charge in [0, 0.05) is 0 Å². The molecule has 0 saturated carbocycles. The van der Waals surface area contributed by atoms with Crippen molar-refractivity contribution in [3.63, 3.8) is 0 Å². The van der Waals surface area contributed by atoms with Crippen molar-refractivity contribution < 1.29 is 0 Å². The average molecular weight is 194 g/mol. The van der Waals surface area contributed by atoms with Crippen LogP contribution in [0.2, 0.25) is 23.5 Å². The Morgan fingerprint density at radius 3 is 1.75 bits per heavy atom. The molecule has 1 radical (unpaired) electrons. The molecule has 2 heteroatoms. The fraction of sp³-hybridized carbons (Fsp3) is 1.00. The predicted octanol–water partition coefficient (Wildman–Crippen LogP) is 1.84. The summed E-state index contributed by atoms with van der Waals surface area (Å²) >= 11 is 3.18. The Labute approximate surface area is 62.5 Å². The molecule has 0 fully saturated rings. The maximum atomic E-state index is 3.18. The molecule has 0 rings (SSSR count). The zero-order valence-corrected chi connectivity index (χ0v) is 9.06. The first-order valence-electron chi connectivity index (χ1n) is 3.12. The van der Waals surface area contributed by atoms with Gasteiger partial charge in [-0.2, -0.15) is 0 Å². The predicted molar refractivity (Wildman–Crippen MR) is 43.5 cm³/mol. The molecule has 0 saturated heterocycles.